The van der Waals surface area contributed by atoms with Crippen LogP contribution in [0.5, 0.6) is 0 Å². The van der Waals surface area contributed by atoms with Crippen LogP contribution in [0.3, 0.4) is 0 Å². The van der Waals surface area contributed by atoms with Gasteiger partial charge in [-0.15, -0.1) is 11.3 Å². The molecule has 9 nitrogen and oxygen atoms in total. The van der Waals surface area contributed by atoms with Gasteiger partial charge in [0.25, 0.3) is 11.8 Å². The predicted molar refractivity (Wildman–Crippen MR) is 116 cm³/mol. The molecule has 2 aliphatic rings. The summed E-state index contributed by atoms with van der Waals surface area (Å²) in [4.78, 5) is 27.4. The number of fused-ring (bicyclic) bond motifs is 1. The van der Waals surface area contributed by atoms with Gasteiger partial charge in [0.1, 0.15) is 11.5 Å². The number of morpholine rings is 1. The molecule has 0 saturated carbocycles. The van der Waals surface area contributed by atoms with Crippen molar-refractivity contribution in [2.75, 3.05) is 45.2 Å². The lowest BCUT2D eigenvalue weighted by Crippen LogP contribution is -3.08. The van der Waals surface area contributed by atoms with Crippen LogP contribution in [0.2, 0.25) is 0 Å². The Morgan fingerprint density at radius 2 is 1.87 bits per heavy atom. The molecule has 2 amide bonds. The van der Waals surface area contributed by atoms with Crippen molar-refractivity contribution in [3.8, 4) is 0 Å². The largest absolute Gasteiger partial charge is 0.379 e. The topological polar surface area (TPSA) is 123 Å². The second-order valence-corrected chi connectivity index (χ2v) is 10.7. The molecule has 1 unspecified atom stereocenters. The molecule has 0 aliphatic carbocycles. The number of primary amides is 1. The number of nitrogens with one attached hydrogen (secondary N) is 2. The van der Waals surface area contributed by atoms with Crippen LogP contribution in [-0.2, 0) is 27.7 Å². The highest BCUT2D eigenvalue weighted by molar-refractivity contribution is 7.89. The summed E-state index contributed by atoms with van der Waals surface area (Å²) in [6, 6.07) is 5.79. The first-order valence-corrected chi connectivity index (χ1v) is 12.3. The van der Waals surface area contributed by atoms with Crippen molar-refractivity contribution in [2.24, 2.45) is 5.73 Å². The van der Waals surface area contributed by atoms with Crippen LogP contribution in [0.15, 0.2) is 29.2 Å². The summed E-state index contributed by atoms with van der Waals surface area (Å²) >= 11 is 1.38. The number of likely N-dealkylation sites (N-methyl/N-ethyl adjacent to an activating group) is 1. The van der Waals surface area contributed by atoms with Crippen LogP contribution in [0.25, 0.3) is 0 Å². The molecule has 4 rings (SSSR count). The van der Waals surface area contributed by atoms with E-state index in [0.717, 1.165) is 30.0 Å². The predicted octanol–water partition coefficient (Wildman–Crippen LogP) is -0.309. The van der Waals surface area contributed by atoms with Crippen LogP contribution in [0.1, 0.15) is 31.2 Å². The highest BCUT2D eigenvalue weighted by Gasteiger charge is 2.29. The number of hydrogen-bond donors (Lipinski definition) is 3. The third kappa shape index (κ3) is 4.37. The number of thiophene rings is 1. The second-order valence-electron chi connectivity index (χ2n) is 7.70. The van der Waals surface area contributed by atoms with E-state index in [1.807, 2.05) is 0 Å². The summed E-state index contributed by atoms with van der Waals surface area (Å²) < 4.78 is 32.1. The van der Waals surface area contributed by atoms with Gasteiger partial charge in [0.15, 0.2) is 0 Å². The molecule has 1 atom stereocenters. The Labute approximate surface area is 184 Å². The van der Waals surface area contributed by atoms with Gasteiger partial charge in [0.05, 0.1) is 42.1 Å². The van der Waals surface area contributed by atoms with Crippen molar-refractivity contribution in [1.82, 2.24) is 4.31 Å². The summed E-state index contributed by atoms with van der Waals surface area (Å²) in [6.45, 7) is 3.02. The first kappa shape index (κ1) is 21.9. The molecule has 3 heterocycles. The van der Waals surface area contributed by atoms with E-state index in [9.17, 15) is 18.0 Å². The van der Waals surface area contributed by atoms with Crippen LogP contribution < -0.4 is 16.0 Å². The average Bonchev–Trinajstić information content (AvgIpc) is 3.11. The van der Waals surface area contributed by atoms with Crippen molar-refractivity contribution in [3.63, 3.8) is 0 Å². The standard InChI is InChI=1S/C20H24N4O5S2/c1-23-7-6-15-16(12-23)30-20(17(15)18(21)25)22-19(26)13-2-4-14(5-3-13)31(27,28)24-8-10-29-11-9-24/h2-5H,6-12H2,1H3,(H2,21,25)(H,22,26)/p+1. The van der Waals surface area contributed by atoms with Gasteiger partial charge in [-0.25, -0.2) is 8.42 Å². The van der Waals surface area contributed by atoms with Crippen molar-refractivity contribution >= 4 is 38.2 Å². The maximum atomic E-state index is 12.8. The average molecular weight is 466 g/mol. The van der Waals surface area contributed by atoms with Crippen LogP contribution in [-0.4, -0.2) is 64.4 Å². The molecule has 1 aromatic heterocycles. The zero-order valence-electron chi connectivity index (χ0n) is 17.1. The second kappa shape index (κ2) is 8.67. The van der Waals surface area contributed by atoms with Crippen LogP contribution in [0, 0.1) is 0 Å². The Balaban J connectivity index is 1.54. The molecular weight excluding hydrogens is 440 g/mol. The summed E-state index contributed by atoms with van der Waals surface area (Å²) in [7, 11) is -1.55. The first-order valence-electron chi connectivity index (χ1n) is 10.0. The van der Waals surface area contributed by atoms with Crippen molar-refractivity contribution in [3.05, 3.63) is 45.8 Å². The third-order valence-electron chi connectivity index (χ3n) is 5.55. The van der Waals surface area contributed by atoms with E-state index in [4.69, 9.17) is 10.5 Å². The molecule has 0 radical (unpaired) electrons. The van der Waals surface area contributed by atoms with Crippen molar-refractivity contribution in [2.45, 2.75) is 17.9 Å². The SMILES string of the molecule is C[NH+]1CCc2c(sc(NC(=O)c3ccc(S(=O)(=O)N4CCOCC4)cc3)c2C(N)=O)C1. The van der Waals surface area contributed by atoms with Gasteiger partial charge in [-0.1, -0.05) is 0 Å². The minimum Gasteiger partial charge on any atom is -0.379 e. The number of hydrogen-bond acceptors (Lipinski definition) is 6. The molecule has 1 saturated heterocycles. The van der Waals surface area contributed by atoms with E-state index in [1.165, 1.54) is 44.8 Å². The van der Waals surface area contributed by atoms with E-state index < -0.39 is 21.8 Å². The molecule has 4 N–H and O–H groups in total. The fourth-order valence-corrected chi connectivity index (χ4v) is 6.63. The smallest absolute Gasteiger partial charge is 0.256 e. The van der Waals surface area contributed by atoms with Crippen molar-refractivity contribution in [1.29, 1.82) is 0 Å². The van der Waals surface area contributed by atoms with E-state index in [0.29, 0.717) is 42.4 Å². The molecule has 11 heteroatoms. The minimum absolute atomic E-state index is 0.126. The normalized spacial score (nSPS) is 19.6. The van der Waals surface area contributed by atoms with Crippen molar-refractivity contribution < 1.29 is 27.6 Å². The molecule has 0 spiro atoms. The molecule has 2 aromatic rings. The highest BCUT2D eigenvalue weighted by atomic mass is 32.2. The number of nitrogens with zero attached hydrogens (tertiary/aromatic N) is 1. The van der Waals surface area contributed by atoms with Gasteiger partial charge in [-0.05, 0) is 29.8 Å². The molecule has 2 aliphatic heterocycles. The van der Waals surface area contributed by atoms with E-state index in [-0.39, 0.29) is 4.90 Å². The number of benzene rings is 1. The Kier molecular flexibility index (Phi) is 6.13. The maximum Gasteiger partial charge on any atom is 0.256 e. The zero-order chi connectivity index (χ0) is 22.2. The first-order chi connectivity index (χ1) is 14.8. The monoisotopic (exact) mass is 465 g/mol. The lowest BCUT2D eigenvalue weighted by atomic mass is 10.0. The fraction of sp³-hybridized carbons (Fsp3) is 0.400. The maximum absolute atomic E-state index is 12.8. The fourth-order valence-electron chi connectivity index (χ4n) is 3.86. The Morgan fingerprint density at radius 1 is 1.19 bits per heavy atom. The Morgan fingerprint density at radius 3 is 2.52 bits per heavy atom. The number of anilines is 1. The van der Waals surface area contributed by atoms with Gasteiger partial charge in [-0.2, -0.15) is 4.31 Å². The van der Waals surface area contributed by atoms with Gasteiger partial charge < -0.3 is 20.7 Å². The number of carbonyl (C=O) groups excluding carboxylic acids is 2. The number of rotatable bonds is 5. The summed E-state index contributed by atoms with van der Waals surface area (Å²) in [5, 5.41) is 3.24. The number of carbonyl (C=O) groups is 2. The minimum atomic E-state index is -3.63. The number of nitrogens with two attached hydrogens (primary N) is 1. The lowest BCUT2D eigenvalue weighted by Gasteiger charge is -2.26. The number of quaternary nitrogens is 1. The van der Waals surface area contributed by atoms with E-state index >= 15 is 0 Å². The van der Waals surface area contributed by atoms with Crippen LogP contribution in [0.4, 0.5) is 5.00 Å². The molecule has 1 fully saturated rings. The number of ether oxygens (including phenoxy) is 1. The van der Waals surface area contributed by atoms with E-state index in [2.05, 4.69) is 12.4 Å². The van der Waals surface area contributed by atoms with Gasteiger partial charge in [0.2, 0.25) is 10.0 Å². The highest BCUT2D eigenvalue weighted by Crippen LogP contribution is 2.34. The Bertz CT molecular complexity index is 1110. The molecule has 166 valence electrons. The lowest BCUT2D eigenvalue weighted by molar-refractivity contribution is -0.895. The molecule has 1 aromatic carbocycles. The summed E-state index contributed by atoms with van der Waals surface area (Å²) in [5.74, 6) is -0.976. The summed E-state index contributed by atoms with van der Waals surface area (Å²) in [5.41, 5.74) is 7.20. The molecule has 31 heavy (non-hydrogen) atoms. The molecular formula is C20H25N4O5S2+. The quantitative estimate of drug-likeness (QED) is 0.559. The van der Waals surface area contributed by atoms with Crippen LogP contribution >= 0.6 is 11.3 Å². The summed E-state index contributed by atoms with van der Waals surface area (Å²) in [6.07, 6.45) is 0.736. The molecule has 0 bridgehead atoms. The zero-order valence-corrected chi connectivity index (χ0v) is 18.8. The number of amides is 2. The Hall–Kier alpha value is -2.31. The van der Waals surface area contributed by atoms with Gasteiger partial charge >= 0.3 is 0 Å². The van der Waals surface area contributed by atoms with E-state index in [1.54, 1.807) is 0 Å². The van der Waals surface area contributed by atoms with Gasteiger partial charge in [0, 0.05) is 25.1 Å². The van der Waals surface area contributed by atoms with Gasteiger partial charge in [-0.3, -0.25) is 9.59 Å². The number of sulfonamides is 1. The third-order valence-corrected chi connectivity index (χ3v) is 8.61.